The van der Waals surface area contributed by atoms with Gasteiger partial charge in [-0.3, -0.25) is 9.59 Å². The number of carbonyl (C=O) groups is 2. The molecule has 0 spiro atoms. The highest BCUT2D eigenvalue weighted by molar-refractivity contribution is 5.94. The van der Waals surface area contributed by atoms with Gasteiger partial charge in [0, 0.05) is 18.3 Å². The minimum absolute atomic E-state index is 0.0281. The fourth-order valence-corrected chi connectivity index (χ4v) is 2.56. The lowest BCUT2D eigenvalue weighted by molar-refractivity contribution is -0.885. The molecule has 2 rings (SSSR count). The predicted molar refractivity (Wildman–Crippen MR) is 99.3 cm³/mol. The molecule has 6 heteroatoms. The molecule has 2 amide bonds. The summed E-state index contributed by atoms with van der Waals surface area (Å²) >= 11 is 0. The number of benzene rings is 2. The molecule has 138 valence electrons. The summed E-state index contributed by atoms with van der Waals surface area (Å²) in [4.78, 5) is 26.6. The molecule has 0 radical (unpaired) electrons. The number of anilines is 1. The zero-order valence-corrected chi connectivity index (χ0v) is 15.4. The summed E-state index contributed by atoms with van der Waals surface area (Å²) in [7, 11) is 3.41. The number of nitrogens with zero attached hydrogens (tertiary/aromatic N) is 1. The number of likely N-dealkylation sites (N-methyl/N-ethyl adjacent to an activating group) is 2. The van der Waals surface area contributed by atoms with Gasteiger partial charge in [-0.25, -0.2) is 4.39 Å². The average Bonchev–Trinajstić information content (AvgIpc) is 2.58. The van der Waals surface area contributed by atoms with E-state index in [1.54, 1.807) is 25.2 Å². The maximum absolute atomic E-state index is 13.7. The van der Waals surface area contributed by atoms with Crippen molar-refractivity contribution in [3.05, 3.63) is 65.5 Å². The smallest absolute Gasteiger partial charge is 0.277 e. The van der Waals surface area contributed by atoms with Crippen LogP contribution in [0.5, 0.6) is 0 Å². The van der Waals surface area contributed by atoms with Crippen LogP contribution in [0, 0.1) is 12.7 Å². The fourth-order valence-electron chi connectivity index (χ4n) is 2.56. The quantitative estimate of drug-likeness (QED) is 0.783. The maximum Gasteiger partial charge on any atom is 0.277 e. The summed E-state index contributed by atoms with van der Waals surface area (Å²) in [5, 5.41) is 2.77. The third-order valence-electron chi connectivity index (χ3n) is 4.04. The molecule has 0 aliphatic carbocycles. The van der Waals surface area contributed by atoms with E-state index in [4.69, 9.17) is 0 Å². The summed E-state index contributed by atoms with van der Waals surface area (Å²) in [6.45, 7) is 2.53. The van der Waals surface area contributed by atoms with Crippen molar-refractivity contribution in [3.63, 3.8) is 0 Å². The molecule has 0 heterocycles. The van der Waals surface area contributed by atoms with Gasteiger partial charge >= 0.3 is 0 Å². The molecular formula is C20H25FN3O2+. The summed E-state index contributed by atoms with van der Waals surface area (Å²) in [5.74, 6) is -0.695. The van der Waals surface area contributed by atoms with Crippen LogP contribution < -0.4 is 10.2 Å². The van der Waals surface area contributed by atoms with Gasteiger partial charge in [0.15, 0.2) is 6.54 Å². The van der Waals surface area contributed by atoms with Crippen LogP contribution in [-0.2, 0) is 16.1 Å². The minimum Gasteiger partial charge on any atom is -0.332 e. The Hall–Kier alpha value is -2.73. The molecule has 0 aliphatic heterocycles. The lowest BCUT2D eigenvalue weighted by atomic mass is 10.2. The lowest BCUT2D eigenvalue weighted by Gasteiger charge is -2.20. The van der Waals surface area contributed by atoms with Gasteiger partial charge in [-0.05, 0) is 25.1 Å². The molecule has 0 fully saturated rings. The van der Waals surface area contributed by atoms with E-state index in [1.165, 1.54) is 11.0 Å². The van der Waals surface area contributed by atoms with Crippen molar-refractivity contribution >= 4 is 17.5 Å². The molecular weight excluding hydrogens is 333 g/mol. The lowest BCUT2D eigenvalue weighted by Crippen LogP contribution is -3.08. The molecule has 0 saturated carbocycles. The number of amides is 2. The molecule has 1 atom stereocenters. The molecule has 2 aromatic rings. The Morgan fingerprint density at radius 2 is 1.77 bits per heavy atom. The number of nitrogens with one attached hydrogen (secondary N) is 2. The fraction of sp³-hybridized carbons (Fsp3) is 0.300. The Labute approximate surface area is 153 Å². The van der Waals surface area contributed by atoms with Gasteiger partial charge in [0.25, 0.3) is 5.91 Å². The standard InChI is InChI=1S/C20H24FN3O2/c1-15-8-10-17(11-9-15)22-19(25)13-24(3)20(26)14-23(2)12-16-6-4-5-7-18(16)21/h4-11H,12-14H2,1-3H3,(H,22,25)/p+1. The number of rotatable bonds is 7. The van der Waals surface area contributed by atoms with Gasteiger partial charge in [-0.1, -0.05) is 35.9 Å². The summed E-state index contributed by atoms with van der Waals surface area (Å²) < 4.78 is 13.7. The Bertz CT molecular complexity index is 762. The summed E-state index contributed by atoms with van der Waals surface area (Å²) in [6, 6.07) is 14.0. The summed E-state index contributed by atoms with van der Waals surface area (Å²) in [5.41, 5.74) is 2.37. The Balaban J connectivity index is 1.81. The molecule has 2 N–H and O–H groups in total. The van der Waals surface area contributed by atoms with Crippen molar-refractivity contribution in [2.75, 3.05) is 32.5 Å². The van der Waals surface area contributed by atoms with E-state index < -0.39 is 0 Å². The van der Waals surface area contributed by atoms with Crippen LogP contribution in [0.2, 0.25) is 0 Å². The Kier molecular flexibility index (Phi) is 6.86. The second-order valence-electron chi connectivity index (χ2n) is 6.57. The molecule has 5 nitrogen and oxygen atoms in total. The van der Waals surface area contributed by atoms with Gasteiger partial charge in [-0.15, -0.1) is 0 Å². The maximum atomic E-state index is 13.7. The van der Waals surface area contributed by atoms with Crippen LogP contribution in [0.1, 0.15) is 11.1 Å². The van der Waals surface area contributed by atoms with Crippen LogP contribution in [-0.4, -0.2) is 43.9 Å². The molecule has 1 unspecified atom stereocenters. The van der Waals surface area contributed by atoms with Gasteiger partial charge in [0.2, 0.25) is 5.91 Å². The highest BCUT2D eigenvalue weighted by Gasteiger charge is 2.18. The minimum atomic E-state index is -0.273. The normalized spacial score (nSPS) is 11.7. The van der Waals surface area contributed by atoms with Crippen molar-refractivity contribution in [2.45, 2.75) is 13.5 Å². The first-order valence-electron chi connectivity index (χ1n) is 8.50. The second-order valence-corrected chi connectivity index (χ2v) is 6.57. The van der Waals surface area contributed by atoms with Crippen molar-refractivity contribution < 1.29 is 18.9 Å². The largest absolute Gasteiger partial charge is 0.332 e. The van der Waals surface area contributed by atoms with Gasteiger partial charge < -0.3 is 15.1 Å². The predicted octanol–water partition coefficient (Wildman–Crippen LogP) is 1.25. The highest BCUT2D eigenvalue weighted by Crippen LogP contribution is 2.08. The third kappa shape index (κ3) is 5.97. The first-order valence-corrected chi connectivity index (χ1v) is 8.50. The molecule has 26 heavy (non-hydrogen) atoms. The van der Waals surface area contributed by atoms with E-state index in [9.17, 15) is 14.0 Å². The van der Waals surface area contributed by atoms with E-state index in [0.29, 0.717) is 17.8 Å². The van der Waals surface area contributed by atoms with Gasteiger partial charge in [0.05, 0.1) is 13.6 Å². The number of carbonyl (C=O) groups excluding carboxylic acids is 2. The van der Waals surface area contributed by atoms with Gasteiger partial charge in [0.1, 0.15) is 12.4 Å². The zero-order chi connectivity index (χ0) is 19.1. The number of aryl methyl sites for hydroxylation is 1. The molecule has 0 bridgehead atoms. The number of quaternary nitrogens is 1. The Morgan fingerprint density at radius 3 is 2.42 bits per heavy atom. The molecule has 0 aromatic heterocycles. The zero-order valence-electron chi connectivity index (χ0n) is 15.4. The number of hydrogen-bond acceptors (Lipinski definition) is 2. The molecule has 0 aliphatic rings. The third-order valence-corrected chi connectivity index (χ3v) is 4.04. The molecule has 0 saturated heterocycles. The number of hydrogen-bond donors (Lipinski definition) is 2. The Morgan fingerprint density at radius 1 is 1.12 bits per heavy atom. The van der Waals surface area contributed by atoms with Crippen LogP contribution in [0.25, 0.3) is 0 Å². The van der Waals surface area contributed by atoms with E-state index in [-0.39, 0.29) is 30.7 Å². The van der Waals surface area contributed by atoms with Crippen LogP contribution in [0.4, 0.5) is 10.1 Å². The van der Waals surface area contributed by atoms with Crippen LogP contribution in [0.15, 0.2) is 48.5 Å². The van der Waals surface area contributed by atoms with Crippen molar-refractivity contribution in [3.8, 4) is 0 Å². The first-order chi connectivity index (χ1) is 12.3. The average molecular weight is 358 g/mol. The van der Waals surface area contributed by atoms with E-state index in [1.807, 2.05) is 38.2 Å². The first kappa shape index (κ1) is 19.6. The van der Waals surface area contributed by atoms with Crippen molar-refractivity contribution in [1.29, 1.82) is 0 Å². The number of halogens is 1. The highest BCUT2D eigenvalue weighted by atomic mass is 19.1. The van der Waals surface area contributed by atoms with Crippen molar-refractivity contribution in [2.24, 2.45) is 0 Å². The SMILES string of the molecule is Cc1ccc(NC(=O)CN(C)C(=O)C[NH+](C)Cc2ccccc2F)cc1. The van der Waals surface area contributed by atoms with E-state index in [2.05, 4.69) is 5.32 Å². The molecule has 2 aromatic carbocycles. The van der Waals surface area contributed by atoms with E-state index in [0.717, 1.165) is 10.5 Å². The van der Waals surface area contributed by atoms with E-state index >= 15 is 0 Å². The van der Waals surface area contributed by atoms with Crippen molar-refractivity contribution in [1.82, 2.24) is 4.90 Å². The monoisotopic (exact) mass is 358 g/mol. The van der Waals surface area contributed by atoms with Gasteiger partial charge in [-0.2, -0.15) is 0 Å². The van der Waals surface area contributed by atoms with Crippen LogP contribution >= 0.6 is 0 Å². The second kappa shape index (κ2) is 9.10. The summed E-state index contributed by atoms with van der Waals surface area (Å²) in [6.07, 6.45) is 0. The topological polar surface area (TPSA) is 53.9 Å². The van der Waals surface area contributed by atoms with Crippen LogP contribution in [0.3, 0.4) is 0 Å².